The van der Waals surface area contributed by atoms with Crippen molar-refractivity contribution in [3.63, 3.8) is 0 Å². The Balaban J connectivity index is 1.47. The average molecular weight is 454 g/mol. The lowest BCUT2D eigenvalue weighted by molar-refractivity contribution is -0.127. The Labute approximate surface area is 194 Å². The van der Waals surface area contributed by atoms with Crippen molar-refractivity contribution >= 4 is 34.4 Å². The number of nitrogen functional groups attached to an aromatic ring is 1. The third-order valence-electron chi connectivity index (χ3n) is 5.59. The van der Waals surface area contributed by atoms with Crippen LogP contribution in [0.15, 0.2) is 66.7 Å². The lowest BCUT2D eigenvalue weighted by Crippen LogP contribution is -2.24. The summed E-state index contributed by atoms with van der Waals surface area (Å²) in [5.41, 5.74) is 9.44. The summed E-state index contributed by atoms with van der Waals surface area (Å²) in [5, 5.41) is 7.47. The molecule has 3 aromatic carbocycles. The number of halogens is 2. The third-order valence-corrected chi connectivity index (χ3v) is 5.85. The second kappa shape index (κ2) is 10.5. The van der Waals surface area contributed by atoms with Gasteiger partial charge in [-0.15, -0.1) is 0 Å². The number of carbonyl (C=O) groups excluding carboxylic acids is 1. The van der Waals surface area contributed by atoms with Crippen LogP contribution in [0.25, 0.3) is 0 Å². The molecule has 0 fully saturated rings. The van der Waals surface area contributed by atoms with Gasteiger partial charge in [-0.05, 0) is 73.7 Å². The van der Waals surface area contributed by atoms with Gasteiger partial charge >= 0.3 is 0 Å². The number of alkyl halides is 1. The van der Waals surface area contributed by atoms with Crippen LogP contribution in [0, 0.1) is 0 Å². The number of hydrogen-bond acceptors (Lipinski definition) is 4. The zero-order chi connectivity index (χ0) is 23.1. The van der Waals surface area contributed by atoms with Gasteiger partial charge in [-0.25, -0.2) is 4.39 Å². The molecule has 4 N–H and O–H groups in total. The van der Waals surface area contributed by atoms with E-state index in [1.807, 2.05) is 54.6 Å². The highest BCUT2D eigenvalue weighted by molar-refractivity contribution is 6.30. The van der Waals surface area contributed by atoms with Crippen LogP contribution in [0.2, 0.25) is 5.02 Å². The highest BCUT2D eigenvalue weighted by Crippen LogP contribution is 2.27. The van der Waals surface area contributed by atoms with Crippen LogP contribution in [0.1, 0.15) is 30.5 Å². The molecule has 1 unspecified atom stereocenters. The van der Waals surface area contributed by atoms with E-state index in [4.69, 9.17) is 17.3 Å². The largest absolute Gasteiger partial charge is 0.397 e. The first-order valence-corrected chi connectivity index (χ1v) is 11.0. The molecule has 0 amide bonds. The van der Waals surface area contributed by atoms with E-state index < -0.39 is 11.5 Å². The molecule has 0 bridgehead atoms. The van der Waals surface area contributed by atoms with E-state index in [-0.39, 0.29) is 0 Å². The molecule has 0 radical (unpaired) electrons. The van der Waals surface area contributed by atoms with E-state index in [0.717, 1.165) is 41.3 Å². The van der Waals surface area contributed by atoms with Gasteiger partial charge < -0.3 is 16.4 Å². The molecular weight excluding hydrogens is 425 g/mol. The number of benzene rings is 3. The van der Waals surface area contributed by atoms with Gasteiger partial charge in [-0.1, -0.05) is 48.0 Å². The van der Waals surface area contributed by atoms with Crippen molar-refractivity contribution in [2.75, 3.05) is 29.5 Å². The van der Waals surface area contributed by atoms with Crippen molar-refractivity contribution in [3.05, 3.63) is 88.4 Å². The SMILES string of the molecule is CC(=O)C(C)(F)c1ccc(CCNc2ccc(NCCc3ccc(Cl)cc3)c(N)c2)cc1. The van der Waals surface area contributed by atoms with Gasteiger partial charge in [0.05, 0.1) is 11.4 Å². The third kappa shape index (κ3) is 6.24. The van der Waals surface area contributed by atoms with Gasteiger partial charge in [0.2, 0.25) is 0 Å². The summed E-state index contributed by atoms with van der Waals surface area (Å²) < 4.78 is 14.4. The molecule has 0 spiro atoms. The van der Waals surface area contributed by atoms with Crippen molar-refractivity contribution in [1.82, 2.24) is 0 Å². The average Bonchev–Trinajstić information content (AvgIpc) is 2.77. The smallest absolute Gasteiger partial charge is 0.190 e. The van der Waals surface area contributed by atoms with Crippen molar-refractivity contribution in [2.24, 2.45) is 0 Å². The molecule has 0 aromatic heterocycles. The molecular formula is C26H29ClFN3O. The van der Waals surface area contributed by atoms with E-state index in [1.54, 1.807) is 12.1 Å². The van der Waals surface area contributed by atoms with E-state index in [2.05, 4.69) is 10.6 Å². The van der Waals surface area contributed by atoms with Gasteiger partial charge in [0, 0.05) is 23.8 Å². The Morgan fingerprint density at radius 3 is 2.06 bits per heavy atom. The molecule has 6 heteroatoms. The highest BCUT2D eigenvalue weighted by Gasteiger charge is 2.31. The fourth-order valence-corrected chi connectivity index (χ4v) is 3.49. The first-order valence-electron chi connectivity index (χ1n) is 10.7. The summed E-state index contributed by atoms with van der Waals surface area (Å²) in [5.74, 6) is -0.493. The molecule has 0 aliphatic carbocycles. The summed E-state index contributed by atoms with van der Waals surface area (Å²) in [4.78, 5) is 11.5. The number of rotatable bonds is 10. The van der Waals surface area contributed by atoms with Crippen molar-refractivity contribution in [2.45, 2.75) is 32.4 Å². The fraction of sp³-hybridized carbons (Fsp3) is 0.269. The van der Waals surface area contributed by atoms with Gasteiger partial charge in [-0.2, -0.15) is 0 Å². The lowest BCUT2D eigenvalue weighted by atomic mass is 9.93. The maximum absolute atomic E-state index is 14.4. The molecule has 0 saturated carbocycles. The molecule has 0 heterocycles. The first-order chi connectivity index (χ1) is 15.3. The molecule has 0 aliphatic rings. The number of hydrogen-bond donors (Lipinski definition) is 3. The molecule has 3 aromatic rings. The minimum Gasteiger partial charge on any atom is -0.397 e. The molecule has 32 heavy (non-hydrogen) atoms. The Bertz CT molecular complexity index is 1050. The fourth-order valence-electron chi connectivity index (χ4n) is 3.37. The Morgan fingerprint density at radius 2 is 1.50 bits per heavy atom. The topological polar surface area (TPSA) is 67.2 Å². The lowest BCUT2D eigenvalue weighted by Gasteiger charge is -2.17. The molecule has 4 nitrogen and oxygen atoms in total. The molecule has 0 saturated heterocycles. The first kappa shape index (κ1) is 23.6. The van der Waals surface area contributed by atoms with Crippen LogP contribution in [-0.2, 0) is 23.3 Å². The van der Waals surface area contributed by atoms with E-state index >= 15 is 0 Å². The quantitative estimate of drug-likeness (QED) is 0.329. The normalized spacial score (nSPS) is 12.8. The Kier molecular flexibility index (Phi) is 7.75. The van der Waals surface area contributed by atoms with Gasteiger partial charge in [0.25, 0.3) is 0 Å². The minimum atomic E-state index is -1.95. The standard InChI is InChI=1S/C26H29ClFN3O/c1-18(32)26(2,28)21-7-3-19(4-8-21)13-15-30-23-11-12-25(24(29)17-23)31-16-14-20-5-9-22(27)10-6-20/h3-12,17,30-31H,13-16,29H2,1-2H3. The van der Waals surface area contributed by atoms with Gasteiger partial charge in [0.1, 0.15) is 0 Å². The van der Waals surface area contributed by atoms with Crippen molar-refractivity contribution in [1.29, 1.82) is 0 Å². The number of nitrogens with two attached hydrogens (primary N) is 1. The predicted octanol–water partition coefficient (Wildman–Crippen LogP) is 6.01. The number of nitrogens with one attached hydrogen (secondary N) is 2. The number of Topliss-reactive ketones (excluding diaryl/α,β-unsaturated/α-hetero) is 1. The van der Waals surface area contributed by atoms with Crippen LogP contribution >= 0.6 is 11.6 Å². The highest BCUT2D eigenvalue weighted by atomic mass is 35.5. The zero-order valence-corrected chi connectivity index (χ0v) is 19.2. The van der Waals surface area contributed by atoms with Crippen molar-refractivity contribution < 1.29 is 9.18 Å². The molecule has 1 atom stereocenters. The van der Waals surface area contributed by atoms with Crippen molar-refractivity contribution in [3.8, 4) is 0 Å². The number of carbonyl (C=O) groups is 1. The Hall–Kier alpha value is -3.05. The van der Waals surface area contributed by atoms with Crippen LogP contribution in [0.5, 0.6) is 0 Å². The summed E-state index contributed by atoms with van der Waals surface area (Å²) >= 11 is 5.92. The summed E-state index contributed by atoms with van der Waals surface area (Å²) in [7, 11) is 0. The zero-order valence-electron chi connectivity index (χ0n) is 18.4. The van der Waals surface area contributed by atoms with E-state index in [1.165, 1.54) is 19.4 Å². The Morgan fingerprint density at radius 1 is 0.938 bits per heavy atom. The predicted molar refractivity (Wildman–Crippen MR) is 132 cm³/mol. The van der Waals surface area contributed by atoms with E-state index in [0.29, 0.717) is 17.8 Å². The second-order valence-electron chi connectivity index (χ2n) is 8.04. The van der Waals surface area contributed by atoms with Crippen LogP contribution < -0.4 is 16.4 Å². The summed E-state index contributed by atoms with van der Waals surface area (Å²) in [6, 6.07) is 20.8. The summed E-state index contributed by atoms with van der Waals surface area (Å²) in [6.45, 7) is 4.05. The maximum Gasteiger partial charge on any atom is 0.190 e. The molecule has 168 valence electrons. The summed E-state index contributed by atoms with van der Waals surface area (Å²) in [6.07, 6.45) is 1.65. The maximum atomic E-state index is 14.4. The molecule has 0 aliphatic heterocycles. The number of anilines is 3. The van der Waals surface area contributed by atoms with Crippen LogP contribution in [0.3, 0.4) is 0 Å². The minimum absolute atomic E-state index is 0.383. The van der Waals surface area contributed by atoms with Crippen LogP contribution in [0.4, 0.5) is 21.5 Å². The van der Waals surface area contributed by atoms with Gasteiger partial charge in [0.15, 0.2) is 11.5 Å². The van der Waals surface area contributed by atoms with E-state index in [9.17, 15) is 9.18 Å². The van der Waals surface area contributed by atoms with Crippen LogP contribution in [-0.4, -0.2) is 18.9 Å². The number of ketones is 1. The van der Waals surface area contributed by atoms with Gasteiger partial charge in [-0.3, -0.25) is 4.79 Å². The molecule has 3 rings (SSSR count). The monoisotopic (exact) mass is 453 g/mol. The second-order valence-corrected chi connectivity index (χ2v) is 8.47.